The molecule has 1 aromatic heterocycles. The van der Waals surface area contributed by atoms with Crippen LogP contribution < -0.4 is 11.1 Å². The number of fused-ring (bicyclic) bond motifs is 1. The highest BCUT2D eigenvalue weighted by molar-refractivity contribution is 6.02. The lowest BCUT2D eigenvalue weighted by Gasteiger charge is -2.20. The molecule has 2 amide bonds. The molecule has 0 bridgehead atoms. The van der Waals surface area contributed by atoms with E-state index in [0.29, 0.717) is 5.58 Å². The topological polar surface area (TPSA) is 85.3 Å². The molecule has 5 heteroatoms. The summed E-state index contributed by atoms with van der Waals surface area (Å²) in [5.41, 5.74) is 8.94. The van der Waals surface area contributed by atoms with Crippen LogP contribution in [-0.4, -0.2) is 17.9 Å². The van der Waals surface area contributed by atoms with Crippen molar-refractivity contribution in [2.24, 2.45) is 11.7 Å². The van der Waals surface area contributed by atoms with Gasteiger partial charge in [0.15, 0.2) is 5.76 Å². The van der Waals surface area contributed by atoms with E-state index in [2.05, 4.69) is 5.32 Å². The lowest BCUT2D eigenvalue weighted by molar-refractivity contribution is -0.120. The van der Waals surface area contributed by atoms with Crippen LogP contribution in [0, 0.1) is 26.7 Å². The Labute approximate surface area is 136 Å². The Kier molecular flexibility index (Phi) is 4.78. The van der Waals surface area contributed by atoms with E-state index in [9.17, 15) is 9.59 Å². The number of carbonyl (C=O) groups excluding carboxylic acids is 2. The van der Waals surface area contributed by atoms with E-state index in [0.717, 1.165) is 28.5 Å². The summed E-state index contributed by atoms with van der Waals surface area (Å²) in [5, 5.41) is 3.67. The van der Waals surface area contributed by atoms with E-state index in [1.165, 1.54) is 0 Å². The third-order valence-corrected chi connectivity index (χ3v) is 4.49. The summed E-state index contributed by atoms with van der Waals surface area (Å²) in [6.07, 6.45) is 0.741. The molecule has 23 heavy (non-hydrogen) atoms. The molecule has 1 aromatic carbocycles. The number of benzene rings is 1. The maximum Gasteiger partial charge on any atom is 0.287 e. The van der Waals surface area contributed by atoms with Gasteiger partial charge >= 0.3 is 0 Å². The van der Waals surface area contributed by atoms with E-state index in [4.69, 9.17) is 10.2 Å². The molecule has 2 rings (SSSR count). The molecule has 2 unspecified atom stereocenters. The number of hydrogen-bond donors (Lipinski definition) is 2. The Hall–Kier alpha value is -2.30. The van der Waals surface area contributed by atoms with Crippen molar-refractivity contribution in [3.8, 4) is 0 Å². The van der Waals surface area contributed by atoms with Gasteiger partial charge < -0.3 is 15.5 Å². The summed E-state index contributed by atoms with van der Waals surface area (Å²) < 4.78 is 5.80. The summed E-state index contributed by atoms with van der Waals surface area (Å²) in [6, 6.07) is 3.27. The van der Waals surface area contributed by atoms with E-state index in [-0.39, 0.29) is 11.7 Å². The number of rotatable bonds is 5. The molecule has 0 radical (unpaired) electrons. The van der Waals surface area contributed by atoms with Crippen LogP contribution in [-0.2, 0) is 4.79 Å². The van der Waals surface area contributed by atoms with E-state index in [1.54, 1.807) is 0 Å². The summed E-state index contributed by atoms with van der Waals surface area (Å²) >= 11 is 0. The molecule has 0 saturated heterocycles. The maximum absolute atomic E-state index is 12.6. The number of nitrogens with one attached hydrogen (secondary N) is 1. The minimum absolute atomic E-state index is 0.0374. The average molecular weight is 316 g/mol. The second-order valence-corrected chi connectivity index (χ2v) is 6.20. The third kappa shape index (κ3) is 3.09. The molecular formula is C18H24N2O3. The first kappa shape index (κ1) is 17.1. The lowest BCUT2D eigenvalue weighted by Crippen LogP contribution is -2.48. The largest absolute Gasteiger partial charge is 0.450 e. The van der Waals surface area contributed by atoms with Crippen LogP contribution in [0.2, 0.25) is 0 Å². The Morgan fingerprint density at radius 2 is 1.83 bits per heavy atom. The van der Waals surface area contributed by atoms with Gasteiger partial charge in [-0.15, -0.1) is 0 Å². The molecule has 124 valence electrons. The number of amides is 2. The molecule has 0 aliphatic carbocycles. The minimum Gasteiger partial charge on any atom is -0.450 e. The molecule has 5 nitrogen and oxygen atoms in total. The van der Waals surface area contributed by atoms with Gasteiger partial charge in [0.1, 0.15) is 11.6 Å². The monoisotopic (exact) mass is 316 g/mol. The Morgan fingerprint density at radius 3 is 2.35 bits per heavy atom. The molecule has 2 atom stereocenters. The van der Waals surface area contributed by atoms with Crippen molar-refractivity contribution in [2.45, 2.75) is 47.1 Å². The number of furan rings is 1. The van der Waals surface area contributed by atoms with Crippen molar-refractivity contribution in [1.29, 1.82) is 0 Å². The van der Waals surface area contributed by atoms with Crippen LogP contribution in [0.15, 0.2) is 16.5 Å². The second kappa shape index (κ2) is 6.44. The van der Waals surface area contributed by atoms with E-state index >= 15 is 0 Å². The van der Waals surface area contributed by atoms with Crippen LogP contribution in [0.3, 0.4) is 0 Å². The van der Waals surface area contributed by atoms with Crippen LogP contribution in [0.5, 0.6) is 0 Å². The highest BCUT2D eigenvalue weighted by Gasteiger charge is 2.27. The molecule has 1 heterocycles. The normalized spacial score (nSPS) is 13.8. The second-order valence-electron chi connectivity index (χ2n) is 6.20. The predicted octanol–water partition coefficient (Wildman–Crippen LogP) is 2.99. The minimum atomic E-state index is -0.706. The van der Waals surface area contributed by atoms with Gasteiger partial charge in [0, 0.05) is 10.9 Å². The first-order chi connectivity index (χ1) is 10.8. The zero-order valence-electron chi connectivity index (χ0n) is 14.3. The van der Waals surface area contributed by atoms with Crippen molar-refractivity contribution in [3.05, 3.63) is 34.6 Å². The fraction of sp³-hybridized carbons (Fsp3) is 0.444. The maximum atomic E-state index is 12.6. The smallest absolute Gasteiger partial charge is 0.287 e. The van der Waals surface area contributed by atoms with Gasteiger partial charge in [-0.25, -0.2) is 0 Å². The summed E-state index contributed by atoms with van der Waals surface area (Å²) in [6.45, 7) is 9.62. The molecule has 0 aliphatic heterocycles. The fourth-order valence-electron chi connectivity index (χ4n) is 2.83. The highest BCUT2D eigenvalue weighted by atomic mass is 16.3. The number of aryl methyl sites for hydroxylation is 3. The van der Waals surface area contributed by atoms with Crippen molar-refractivity contribution in [3.63, 3.8) is 0 Å². The molecule has 0 saturated carbocycles. The van der Waals surface area contributed by atoms with Gasteiger partial charge in [0.2, 0.25) is 5.91 Å². The number of carbonyl (C=O) groups is 2. The molecule has 2 aromatic rings. The van der Waals surface area contributed by atoms with Gasteiger partial charge in [0.05, 0.1) is 0 Å². The molecular weight excluding hydrogens is 292 g/mol. The van der Waals surface area contributed by atoms with Crippen molar-refractivity contribution >= 4 is 22.8 Å². The van der Waals surface area contributed by atoms with E-state index in [1.807, 2.05) is 46.8 Å². The summed E-state index contributed by atoms with van der Waals surface area (Å²) in [4.78, 5) is 24.2. The molecule has 0 spiro atoms. The van der Waals surface area contributed by atoms with Gasteiger partial charge in [-0.05, 0) is 37.8 Å². The van der Waals surface area contributed by atoms with E-state index < -0.39 is 17.9 Å². The van der Waals surface area contributed by atoms with Crippen LogP contribution in [0.25, 0.3) is 11.0 Å². The lowest BCUT2D eigenvalue weighted by atomic mass is 9.98. The first-order valence-corrected chi connectivity index (χ1v) is 7.87. The SMILES string of the molecule is CCC(C)C(NC(=O)c1oc2c(C)ccc(C)c2c1C)C(N)=O. The first-order valence-electron chi connectivity index (χ1n) is 7.87. The molecule has 0 aliphatic rings. The number of hydrogen-bond acceptors (Lipinski definition) is 3. The average Bonchev–Trinajstić information content (AvgIpc) is 2.86. The fourth-order valence-corrected chi connectivity index (χ4v) is 2.83. The standard InChI is InChI=1S/C18H24N2O3/c1-6-9(2)14(17(19)21)20-18(22)16-12(5)13-10(3)7-8-11(4)15(13)23-16/h7-9,14H,6H2,1-5H3,(H2,19,21)(H,20,22). The third-order valence-electron chi connectivity index (χ3n) is 4.49. The zero-order chi connectivity index (χ0) is 17.3. The van der Waals surface area contributed by atoms with Gasteiger partial charge in [-0.3, -0.25) is 9.59 Å². The van der Waals surface area contributed by atoms with Crippen LogP contribution >= 0.6 is 0 Å². The Balaban J connectivity index is 2.42. The van der Waals surface area contributed by atoms with Crippen LogP contribution in [0.4, 0.5) is 0 Å². The molecule has 3 N–H and O–H groups in total. The van der Waals surface area contributed by atoms with Crippen molar-refractivity contribution in [2.75, 3.05) is 0 Å². The van der Waals surface area contributed by atoms with Gasteiger partial charge in [-0.1, -0.05) is 32.4 Å². The zero-order valence-corrected chi connectivity index (χ0v) is 14.3. The number of primary amides is 1. The van der Waals surface area contributed by atoms with Crippen molar-refractivity contribution < 1.29 is 14.0 Å². The predicted molar refractivity (Wildman–Crippen MR) is 90.3 cm³/mol. The van der Waals surface area contributed by atoms with Gasteiger partial charge in [-0.2, -0.15) is 0 Å². The Bertz CT molecular complexity index is 761. The Morgan fingerprint density at radius 1 is 1.22 bits per heavy atom. The molecule has 0 fully saturated rings. The highest BCUT2D eigenvalue weighted by Crippen LogP contribution is 2.30. The van der Waals surface area contributed by atoms with Gasteiger partial charge in [0.25, 0.3) is 5.91 Å². The summed E-state index contributed by atoms with van der Waals surface area (Å²) in [5.74, 6) is -0.730. The quantitative estimate of drug-likeness (QED) is 0.889. The van der Waals surface area contributed by atoms with Crippen molar-refractivity contribution in [1.82, 2.24) is 5.32 Å². The summed E-state index contributed by atoms with van der Waals surface area (Å²) in [7, 11) is 0. The number of nitrogens with two attached hydrogens (primary N) is 1. The van der Waals surface area contributed by atoms with Crippen LogP contribution in [0.1, 0.15) is 47.5 Å².